The van der Waals surface area contributed by atoms with Crippen LogP contribution in [0.25, 0.3) is 0 Å². The fourth-order valence-electron chi connectivity index (χ4n) is 3.16. The number of benzene rings is 1. The third-order valence-electron chi connectivity index (χ3n) is 4.29. The molecule has 1 aromatic carbocycles. The van der Waals surface area contributed by atoms with Gasteiger partial charge in [0, 0.05) is 31.4 Å². The van der Waals surface area contributed by atoms with E-state index >= 15 is 0 Å². The van der Waals surface area contributed by atoms with Crippen LogP contribution in [0.3, 0.4) is 0 Å². The van der Waals surface area contributed by atoms with Crippen molar-refractivity contribution in [3.63, 3.8) is 0 Å². The summed E-state index contributed by atoms with van der Waals surface area (Å²) in [5.74, 6) is 0.134. The predicted molar refractivity (Wildman–Crippen MR) is 89.4 cm³/mol. The topological polar surface area (TPSA) is 98.7 Å². The molecule has 1 aliphatic rings. The normalized spacial score (nSPS) is 14.6. The second-order valence-electron chi connectivity index (χ2n) is 6.00. The first kappa shape index (κ1) is 17.1. The summed E-state index contributed by atoms with van der Waals surface area (Å²) in [6.07, 6.45) is 3.77. The first-order valence-electron chi connectivity index (χ1n) is 8.12. The van der Waals surface area contributed by atoms with Gasteiger partial charge in [0.05, 0.1) is 10.6 Å². The second kappa shape index (κ2) is 7.43. The first-order valence-corrected chi connectivity index (χ1v) is 8.12. The Balaban J connectivity index is 1.95. The average molecular weight is 345 g/mol. The molecule has 0 spiro atoms. The van der Waals surface area contributed by atoms with Gasteiger partial charge in [0.1, 0.15) is 6.61 Å². The Labute approximate surface area is 144 Å². The number of carbonyl (C=O) groups excluding carboxylic acids is 1. The summed E-state index contributed by atoms with van der Waals surface area (Å²) in [7, 11) is 1.53. The lowest BCUT2D eigenvalue weighted by atomic mass is 10.1. The van der Waals surface area contributed by atoms with E-state index in [1.165, 1.54) is 19.2 Å². The lowest BCUT2D eigenvalue weighted by Crippen LogP contribution is -2.39. The molecule has 25 heavy (non-hydrogen) atoms. The number of nitro benzene ring substituents is 1. The minimum absolute atomic E-state index is 0.00270. The van der Waals surface area contributed by atoms with Crippen molar-refractivity contribution in [3.8, 4) is 0 Å². The fourth-order valence-corrected chi connectivity index (χ4v) is 3.16. The number of amides is 1. The van der Waals surface area contributed by atoms with Crippen molar-refractivity contribution in [2.24, 2.45) is 0 Å². The molecule has 1 amide bonds. The zero-order valence-electron chi connectivity index (χ0n) is 13.9. The van der Waals surface area contributed by atoms with Gasteiger partial charge < -0.3 is 14.2 Å². The summed E-state index contributed by atoms with van der Waals surface area (Å²) in [5, 5.41) is 14.9. The molecule has 0 saturated heterocycles. The van der Waals surface area contributed by atoms with Crippen LogP contribution in [0.15, 0.2) is 34.9 Å². The van der Waals surface area contributed by atoms with Crippen LogP contribution < -0.4 is 4.90 Å². The number of rotatable bonds is 6. The fraction of sp³-hybridized carbons (Fsp3) is 0.412. The molecule has 132 valence electrons. The molecule has 8 heteroatoms. The van der Waals surface area contributed by atoms with E-state index in [0.717, 1.165) is 25.7 Å². The number of aromatic nitrogens is 1. The number of nitro groups is 1. The molecular weight excluding hydrogens is 326 g/mol. The molecule has 1 saturated carbocycles. The van der Waals surface area contributed by atoms with Crippen LogP contribution in [0.4, 0.5) is 11.4 Å². The van der Waals surface area contributed by atoms with Crippen molar-refractivity contribution in [2.45, 2.75) is 38.3 Å². The van der Waals surface area contributed by atoms with E-state index in [4.69, 9.17) is 9.26 Å². The number of methoxy groups -OCH3 is 1. The summed E-state index contributed by atoms with van der Waals surface area (Å²) in [4.78, 5) is 25.2. The third-order valence-corrected chi connectivity index (χ3v) is 4.29. The van der Waals surface area contributed by atoms with Crippen molar-refractivity contribution in [1.82, 2.24) is 5.16 Å². The van der Waals surface area contributed by atoms with Gasteiger partial charge in [0.2, 0.25) is 0 Å². The van der Waals surface area contributed by atoms with Crippen molar-refractivity contribution < 1.29 is 19.0 Å². The van der Waals surface area contributed by atoms with E-state index in [1.54, 1.807) is 23.1 Å². The average Bonchev–Trinajstić information content (AvgIpc) is 3.28. The lowest BCUT2D eigenvalue weighted by molar-refractivity contribution is -0.384. The number of non-ortho nitro benzene ring substituents is 1. The smallest absolute Gasteiger partial charge is 0.280 e. The van der Waals surface area contributed by atoms with Gasteiger partial charge in [0.25, 0.3) is 11.6 Å². The van der Waals surface area contributed by atoms with E-state index in [1.807, 2.05) is 0 Å². The highest BCUT2D eigenvalue weighted by Crippen LogP contribution is 2.31. The summed E-state index contributed by atoms with van der Waals surface area (Å²) < 4.78 is 10.1. The number of carbonyl (C=O) groups is 1. The monoisotopic (exact) mass is 345 g/mol. The number of hydrogen-bond donors (Lipinski definition) is 0. The van der Waals surface area contributed by atoms with Crippen molar-refractivity contribution in [2.75, 3.05) is 12.0 Å². The van der Waals surface area contributed by atoms with Gasteiger partial charge in [-0.05, 0) is 18.9 Å². The molecule has 0 N–H and O–H groups in total. The van der Waals surface area contributed by atoms with Crippen LogP contribution in [-0.4, -0.2) is 29.1 Å². The predicted octanol–water partition coefficient (Wildman–Crippen LogP) is 3.32. The molecule has 1 aromatic heterocycles. The Morgan fingerprint density at radius 2 is 2.16 bits per heavy atom. The van der Waals surface area contributed by atoms with Gasteiger partial charge >= 0.3 is 0 Å². The summed E-state index contributed by atoms with van der Waals surface area (Å²) in [6.45, 7) is 0.223. The summed E-state index contributed by atoms with van der Waals surface area (Å²) >= 11 is 0. The third kappa shape index (κ3) is 3.69. The zero-order chi connectivity index (χ0) is 17.8. The molecule has 1 heterocycles. The molecule has 1 aliphatic carbocycles. The molecule has 0 radical (unpaired) electrons. The maximum absolute atomic E-state index is 13.0. The van der Waals surface area contributed by atoms with Gasteiger partial charge in [-0.15, -0.1) is 0 Å². The Morgan fingerprint density at radius 3 is 2.84 bits per heavy atom. The number of anilines is 1. The zero-order valence-corrected chi connectivity index (χ0v) is 13.9. The number of nitrogens with zero attached hydrogens (tertiary/aromatic N) is 3. The molecule has 8 nitrogen and oxygen atoms in total. The van der Waals surface area contributed by atoms with E-state index in [9.17, 15) is 14.9 Å². The van der Waals surface area contributed by atoms with Gasteiger partial charge in [-0.3, -0.25) is 14.9 Å². The molecule has 3 rings (SSSR count). The first-order chi connectivity index (χ1) is 12.1. The van der Waals surface area contributed by atoms with Crippen LogP contribution in [0.1, 0.15) is 41.9 Å². The van der Waals surface area contributed by atoms with Crippen LogP contribution in [0.5, 0.6) is 0 Å². The van der Waals surface area contributed by atoms with E-state index < -0.39 is 4.92 Å². The maximum Gasteiger partial charge on any atom is 0.280 e. The van der Waals surface area contributed by atoms with Gasteiger partial charge in [-0.25, -0.2) is 0 Å². The molecule has 0 atom stereocenters. The quantitative estimate of drug-likeness (QED) is 0.588. The largest absolute Gasteiger partial charge is 0.377 e. The SMILES string of the molecule is COCc1cc(C(=O)N(c2cccc([N+](=O)[O-])c2)C2CCCC2)no1. The molecule has 0 aliphatic heterocycles. The van der Waals surface area contributed by atoms with E-state index in [2.05, 4.69) is 5.16 Å². The lowest BCUT2D eigenvalue weighted by Gasteiger charge is -2.28. The second-order valence-corrected chi connectivity index (χ2v) is 6.00. The molecule has 2 aromatic rings. The van der Waals surface area contributed by atoms with Crippen LogP contribution in [0.2, 0.25) is 0 Å². The number of ether oxygens (including phenoxy) is 1. The molecular formula is C17H19N3O5. The molecule has 1 fully saturated rings. The standard InChI is InChI=1S/C17H19N3O5/c1-24-11-15-10-16(18-25-15)17(21)19(12-5-2-3-6-12)13-7-4-8-14(9-13)20(22)23/h4,7-10,12H,2-3,5-6,11H2,1H3. The molecule has 0 bridgehead atoms. The highest BCUT2D eigenvalue weighted by molar-refractivity contribution is 6.05. The Bertz CT molecular complexity index is 767. The Morgan fingerprint density at radius 1 is 1.40 bits per heavy atom. The minimum atomic E-state index is -0.465. The van der Waals surface area contributed by atoms with Crippen LogP contribution in [0, 0.1) is 10.1 Å². The van der Waals surface area contributed by atoms with E-state index in [-0.39, 0.29) is 29.9 Å². The van der Waals surface area contributed by atoms with E-state index in [0.29, 0.717) is 11.4 Å². The Kier molecular flexibility index (Phi) is 5.08. The minimum Gasteiger partial charge on any atom is -0.377 e. The van der Waals surface area contributed by atoms with Crippen molar-refractivity contribution in [1.29, 1.82) is 0 Å². The van der Waals surface area contributed by atoms with Gasteiger partial charge in [0.15, 0.2) is 11.5 Å². The van der Waals surface area contributed by atoms with Crippen molar-refractivity contribution in [3.05, 3.63) is 51.9 Å². The van der Waals surface area contributed by atoms with Crippen LogP contribution in [-0.2, 0) is 11.3 Å². The van der Waals surface area contributed by atoms with Gasteiger partial charge in [-0.2, -0.15) is 0 Å². The highest BCUT2D eigenvalue weighted by Gasteiger charge is 2.31. The number of hydrogen-bond acceptors (Lipinski definition) is 6. The Hall–Kier alpha value is -2.74. The molecule has 0 unspecified atom stereocenters. The van der Waals surface area contributed by atoms with Crippen LogP contribution >= 0.6 is 0 Å². The maximum atomic E-state index is 13.0. The highest BCUT2D eigenvalue weighted by atomic mass is 16.6. The van der Waals surface area contributed by atoms with Crippen molar-refractivity contribution >= 4 is 17.3 Å². The van der Waals surface area contributed by atoms with Gasteiger partial charge in [-0.1, -0.05) is 24.1 Å². The summed E-state index contributed by atoms with van der Waals surface area (Å²) in [5.41, 5.74) is 0.626. The summed E-state index contributed by atoms with van der Waals surface area (Å²) in [6, 6.07) is 7.67.